The summed E-state index contributed by atoms with van der Waals surface area (Å²) in [5, 5.41) is 1.62. The number of benzene rings is 1. The summed E-state index contributed by atoms with van der Waals surface area (Å²) in [5.74, 6) is 0. The molecule has 0 aliphatic rings. The highest BCUT2D eigenvalue weighted by molar-refractivity contribution is 6.91. The van der Waals surface area contributed by atoms with Gasteiger partial charge in [0.15, 0.2) is 0 Å². The van der Waals surface area contributed by atoms with Crippen molar-refractivity contribution in [3.8, 4) is 0 Å². The molecule has 0 amide bonds. The first-order valence-corrected chi connectivity index (χ1v) is 9.99. The van der Waals surface area contributed by atoms with Gasteiger partial charge >= 0.3 is 0 Å². The first kappa shape index (κ1) is 15.5. The summed E-state index contributed by atoms with van der Waals surface area (Å²) in [6.07, 6.45) is 0. The molecule has 0 N–H and O–H groups in total. The van der Waals surface area contributed by atoms with E-state index in [0.717, 1.165) is 0 Å². The van der Waals surface area contributed by atoms with Gasteiger partial charge in [0.05, 0.1) is 8.07 Å². The molecule has 1 heteroatoms. The molecule has 1 aromatic carbocycles. The van der Waals surface area contributed by atoms with E-state index in [4.69, 9.17) is 0 Å². The molecule has 0 nitrogen and oxygen atoms in total. The third-order valence-corrected chi connectivity index (χ3v) is 8.72. The Balaban J connectivity index is 3.09. The van der Waals surface area contributed by atoms with Gasteiger partial charge < -0.3 is 0 Å². The Morgan fingerprint density at radius 1 is 0.778 bits per heavy atom. The van der Waals surface area contributed by atoms with Crippen LogP contribution < -0.4 is 5.19 Å². The van der Waals surface area contributed by atoms with Crippen LogP contribution in [0.15, 0.2) is 30.3 Å². The fourth-order valence-electron chi connectivity index (χ4n) is 3.45. The molecule has 0 aliphatic heterocycles. The van der Waals surface area contributed by atoms with Gasteiger partial charge in [0.2, 0.25) is 0 Å². The maximum atomic E-state index is 2.57. The fourth-order valence-corrected chi connectivity index (χ4v) is 9.66. The van der Waals surface area contributed by atoms with Crippen molar-refractivity contribution in [2.45, 2.75) is 60.2 Å². The lowest BCUT2D eigenvalue weighted by molar-refractivity contribution is 0.436. The minimum atomic E-state index is -1.40. The third kappa shape index (κ3) is 4.97. The van der Waals surface area contributed by atoms with E-state index in [0.29, 0.717) is 10.8 Å². The molecule has 0 aromatic heterocycles. The Morgan fingerprint density at radius 2 is 1.17 bits per heavy atom. The van der Waals surface area contributed by atoms with Crippen LogP contribution in [0.2, 0.25) is 18.6 Å². The third-order valence-electron chi connectivity index (χ3n) is 3.31. The Kier molecular flexibility index (Phi) is 4.48. The van der Waals surface area contributed by atoms with Crippen molar-refractivity contribution in [2.75, 3.05) is 0 Å². The summed E-state index contributed by atoms with van der Waals surface area (Å²) < 4.78 is 0. The van der Waals surface area contributed by atoms with Gasteiger partial charge in [-0.1, -0.05) is 83.6 Å². The monoisotopic (exact) mass is 262 g/mol. The summed E-state index contributed by atoms with van der Waals surface area (Å²) >= 11 is 0. The van der Waals surface area contributed by atoms with Crippen LogP contribution in [0.4, 0.5) is 0 Å². The van der Waals surface area contributed by atoms with E-state index < -0.39 is 8.07 Å². The van der Waals surface area contributed by atoms with Crippen molar-refractivity contribution >= 4 is 13.3 Å². The lowest BCUT2D eigenvalue weighted by Gasteiger charge is -2.39. The van der Waals surface area contributed by atoms with Crippen molar-refractivity contribution in [1.29, 1.82) is 0 Å². The van der Waals surface area contributed by atoms with E-state index in [9.17, 15) is 0 Å². The second-order valence-electron chi connectivity index (χ2n) is 8.40. The Hall–Kier alpha value is -0.563. The van der Waals surface area contributed by atoms with Gasteiger partial charge in [0, 0.05) is 0 Å². The molecule has 0 atom stereocenters. The van der Waals surface area contributed by atoms with Crippen LogP contribution in [-0.4, -0.2) is 8.07 Å². The molecule has 0 heterocycles. The van der Waals surface area contributed by atoms with Gasteiger partial charge in [-0.25, -0.2) is 0 Å². The van der Waals surface area contributed by atoms with Gasteiger partial charge in [0.1, 0.15) is 0 Å². The smallest absolute Gasteiger partial charge is 0.0652 e. The molecule has 0 saturated carbocycles. The zero-order chi connectivity index (χ0) is 14.0. The van der Waals surface area contributed by atoms with Gasteiger partial charge in [0.25, 0.3) is 0 Å². The molecule has 0 fully saturated rings. The van der Waals surface area contributed by atoms with Crippen molar-refractivity contribution in [3.63, 3.8) is 0 Å². The maximum Gasteiger partial charge on any atom is 0.0847 e. The normalized spacial score (nSPS) is 13.7. The molecule has 0 spiro atoms. The molecular formula is C17H30Si. The predicted octanol–water partition coefficient (Wildman–Crippen LogP) is 5.06. The molecule has 102 valence electrons. The second kappa shape index (κ2) is 5.20. The van der Waals surface area contributed by atoms with E-state index in [1.165, 1.54) is 12.1 Å². The molecule has 0 aliphatic carbocycles. The SMILES string of the molecule is CC(C)(C)C[Si](C)(CC(C)(C)C)c1ccccc1. The molecule has 18 heavy (non-hydrogen) atoms. The van der Waals surface area contributed by atoms with Crippen LogP contribution in [0.3, 0.4) is 0 Å². The lowest BCUT2D eigenvalue weighted by Crippen LogP contribution is -2.49. The Bertz CT molecular complexity index is 349. The highest BCUT2D eigenvalue weighted by Gasteiger charge is 2.37. The summed E-state index contributed by atoms with van der Waals surface area (Å²) in [4.78, 5) is 0. The van der Waals surface area contributed by atoms with Crippen molar-refractivity contribution in [3.05, 3.63) is 30.3 Å². The predicted molar refractivity (Wildman–Crippen MR) is 86.2 cm³/mol. The highest BCUT2D eigenvalue weighted by atomic mass is 28.3. The highest BCUT2D eigenvalue weighted by Crippen LogP contribution is 2.36. The maximum absolute atomic E-state index is 2.57. The number of rotatable bonds is 3. The van der Waals surface area contributed by atoms with E-state index in [1.54, 1.807) is 5.19 Å². The molecular weight excluding hydrogens is 232 g/mol. The Labute approximate surface area is 115 Å². The molecule has 0 unspecified atom stereocenters. The fraction of sp³-hybridized carbons (Fsp3) is 0.647. The van der Waals surface area contributed by atoms with Crippen LogP contribution in [0.25, 0.3) is 0 Å². The standard InChI is InChI=1S/C17H30Si/c1-16(2,3)13-18(7,14-17(4,5)6)15-11-9-8-10-12-15/h8-12H,13-14H2,1-7H3. The van der Waals surface area contributed by atoms with E-state index in [-0.39, 0.29) is 0 Å². The van der Waals surface area contributed by atoms with Crippen LogP contribution >= 0.6 is 0 Å². The number of hydrogen-bond acceptors (Lipinski definition) is 0. The van der Waals surface area contributed by atoms with E-state index in [2.05, 4.69) is 78.4 Å². The summed E-state index contributed by atoms with van der Waals surface area (Å²) in [6.45, 7) is 16.8. The average molecular weight is 263 g/mol. The molecule has 1 rings (SSSR count). The average Bonchev–Trinajstić information content (AvgIpc) is 2.13. The molecule has 1 aromatic rings. The van der Waals surface area contributed by atoms with Crippen LogP contribution in [0.5, 0.6) is 0 Å². The minimum absolute atomic E-state index is 0.419. The molecule has 0 saturated heterocycles. The van der Waals surface area contributed by atoms with Gasteiger partial charge in [-0.05, 0) is 22.9 Å². The lowest BCUT2D eigenvalue weighted by atomic mass is 10.00. The van der Waals surface area contributed by atoms with E-state index >= 15 is 0 Å². The van der Waals surface area contributed by atoms with Gasteiger partial charge in [-0.3, -0.25) is 0 Å². The van der Waals surface area contributed by atoms with Crippen LogP contribution in [0, 0.1) is 10.8 Å². The molecule has 0 radical (unpaired) electrons. The van der Waals surface area contributed by atoms with E-state index in [1.807, 2.05) is 0 Å². The van der Waals surface area contributed by atoms with Crippen LogP contribution in [-0.2, 0) is 0 Å². The second-order valence-corrected chi connectivity index (χ2v) is 12.8. The van der Waals surface area contributed by atoms with Gasteiger partial charge in [-0.15, -0.1) is 0 Å². The quantitative estimate of drug-likeness (QED) is 0.668. The zero-order valence-electron chi connectivity index (χ0n) is 13.3. The van der Waals surface area contributed by atoms with Gasteiger partial charge in [-0.2, -0.15) is 0 Å². The van der Waals surface area contributed by atoms with Crippen molar-refractivity contribution in [2.24, 2.45) is 10.8 Å². The summed E-state index contributed by atoms with van der Waals surface area (Å²) in [6, 6.07) is 14.0. The summed E-state index contributed by atoms with van der Waals surface area (Å²) in [7, 11) is -1.40. The van der Waals surface area contributed by atoms with Crippen LogP contribution in [0.1, 0.15) is 41.5 Å². The first-order valence-electron chi connectivity index (χ1n) is 7.07. The largest absolute Gasteiger partial charge is 0.0847 e. The summed E-state index contributed by atoms with van der Waals surface area (Å²) in [5.41, 5.74) is 0.837. The number of hydrogen-bond donors (Lipinski definition) is 0. The zero-order valence-corrected chi connectivity index (χ0v) is 14.3. The first-order chi connectivity index (χ1) is 8.02. The minimum Gasteiger partial charge on any atom is -0.0652 e. The molecule has 0 bridgehead atoms. The topological polar surface area (TPSA) is 0 Å². The van der Waals surface area contributed by atoms with Crippen molar-refractivity contribution in [1.82, 2.24) is 0 Å². The Morgan fingerprint density at radius 3 is 1.50 bits per heavy atom. The van der Waals surface area contributed by atoms with Crippen molar-refractivity contribution < 1.29 is 0 Å².